The van der Waals surface area contributed by atoms with E-state index in [0.717, 1.165) is 47.8 Å². The monoisotopic (exact) mass is 380 g/mol. The fourth-order valence-corrected chi connectivity index (χ4v) is 4.39. The highest BCUT2D eigenvalue weighted by Gasteiger charge is 2.30. The van der Waals surface area contributed by atoms with E-state index in [4.69, 9.17) is 16.3 Å². The molecule has 25 heavy (non-hydrogen) atoms. The van der Waals surface area contributed by atoms with Crippen molar-refractivity contribution in [3.05, 3.63) is 39.9 Å². The van der Waals surface area contributed by atoms with E-state index < -0.39 is 0 Å². The van der Waals surface area contributed by atoms with Crippen molar-refractivity contribution in [2.45, 2.75) is 32.4 Å². The number of hydrogen-bond acceptors (Lipinski definition) is 6. The second-order valence-corrected chi connectivity index (χ2v) is 8.09. The van der Waals surface area contributed by atoms with Crippen molar-refractivity contribution in [2.24, 2.45) is 0 Å². The molecule has 1 aliphatic rings. The van der Waals surface area contributed by atoms with Gasteiger partial charge in [-0.1, -0.05) is 35.1 Å². The first-order valence-electron chi connectivity index (χ1n) is 8.63. The predicted octanol–water partition coefficient (Wildman–Crippen LogP) is 3.33. The third-order valence-electron chi connectivity index (χ3n) is 4.65. The van der Waals surface area contributed by atoms with Crippen molar-refractivity contribution in [2.75, 3.05) is 38.3 Å². The molecule has 0 N–H and O–H groups in total. The number of hydrogen-bond donors (Lipinski definition) is 0. The first kappa shape index (κ1) is 18.6. The Balaban J connectivity index is 1.63. The van der Waals surface area contributed by atoms with Gasteiger partial charge in [0, 0.05) is 50.3 Å². The van der Waals surface area contributed by atoms with Crippen LogP contribution in [0.15, 0.2) is 24.3 Å². The lowest BCUT2D eigenvalue weighted by molar-refractivity contribution is 0.0846. The first-order valence-corrected chi connectivity index (χ1v) is 9.82. The van der Waals surface area contributed by atoms with Gasteiger partial charge in [0.25, 0.3) is 0 Å². The van der Waals surface area contributed by atoms with Crippen LogP contribution >= 0.6 is 22.9 Å². The van der Waals surface area contributed by atoms with Crippen LogP contribution < -0.4 is 4.90 Å². The van der Waals surface area contributed by atoms with Crippen molar-refractivity contribution in [1.82, 2.24) is 15.1 Å². The molecule has 2 aromatic rings. The number of nitrogens with zero attached hydrogens (tertiary/aromatic N) is 4. The first-order chi connectivity index (χ1) is 12.1. The summed E-state index contributed by atoms with van der Waals surface area (Å²) in [7, 11) is 1.76. The van der Waals surface area contributed by atoms with Gasteiger partial charge >= 0.3 is 0 Å². The van der Waals surface area contributed by atoms with Crippen molar-refractivity contribution in [1.29, 1.82) is 0 Å². The molecule has 1 saturated heterocycles. The normalized spacial score (nSPS) is 21.7. The summed E-state index contributed by atoms with van der Waals surface area (Å²) in [6.45, 7) is 8.25. The number of benzene rings is 1. The van der Waals surface area contributed by atoms with E-state index in [2.05, 4.69) is 33.8 Å². The summed E-state index contributed by atoms with van der Waals surface area (Å²) in [6, 6.07) is 8.87. The Morgan fingerprint density at radius 2 is 1.84 bits per heavy atom. The molecule has 2 heterocycles. The van der Waals surface area contributed by atoms with E-state index in [1.165, 1.54) is 5.56 Å². The van der Waals surface area contributed by atoms with Crippen molar-refractivity contribution >= 4 is 28.1 Å². The van der Waals surface area contributed by atoms with Gasteiger partial charge in [0.05, 0.1) is 6.61 Å². The van der Waals surface area contributed by atoms with Crippen LogP contribution in [0.1, 0.15) is 24.4 Å². The van der Waals surface area contributed by atoms with Gasteiger partial charge in [-0.25, -0.2) is 0 Å². The van der Waals surface area contributed by atoms with Gasteiger partial charge in [-0.3, -0.25) is 4.90 Å². The van der Waals surface area contributed by atoms with Gasteiger partial charge in [-0.15, -0.1) is 10.2 Å². The Labute approximate surface area is 158 Å². The van der Waals surface area contributed by atoms with Gasteiger partial charge < -0.3 is 9.64 Å². The van der Waals surface area contributed by atoms with E-state index in [1.54, 1.807) is 18.4 Å². The van der Waals surface area contributed by atoms with E-state index in [9.17, 15) is 0 Å². The zero-order valence-corrected chi connectivity index (χ0v) is 16.6. The molecule has 0 radical (unpaired) electrons. The minimum Gasteiger partial charge on any atom is -0.383 e. The highest BCUT2D eigenvalue weighted by Crippen LogP contribution is 2.27. The zero-order valence-electron chi connectivity index (χ0n) is 15.0. The van der Waals surface area contributed by atoms with Gasteiger partial charge in [-0.05, 0) is 31.5 Å². The number of aromatic nitrogens is 2. The lowest BCUT2D eigenvalue weighted by Gasteiger charge is -2.44. The predicted molar refractivity (Wildman–Crippen MR) is 104 cm³/mol. The van der Waals surface area contributed by atoms with Crippen molar-refractivity contribution in [3.63, 3.8) is 0 Å². The number of ether oxygens (including phenoxy) is 1. The topological polar surface area (TPSA) is 41.5 Å². The molecule has 3 rings (SSSR count). The van der Waals surface area contributed by atoms with E-state index in [-0.39, 0.29) is 0 Å². The molecule has 1 aromatic heterocycles. The molecule has 0 aliphatic carbocycles. The number of piperazine rings is 1. The van der Waals surface area contributed by atoms with Crippen LogP contribution in [-0.4, -0.2) is 60.5 Å². The largest absolute Gasteiger partial charge is 0.383 e. The third-order valence-corrected chi connectivity index (χ3v) is 5.89. The van der Waals surface area contributed by atoms with E-state index in [1.807, 2.05) is 24.3 Å². The number of rotatable bonds is 6. The summed E-state index contributed by atoms with van der Waals surface area (Å²) in [5.74, 6) is 0. The molecule has 0 amide bonds. The Hall–Kier alpha value is -1.21. The fourth-order valence-electron chi connectivity index (χ4n) is 3.37. The maximum atomic E-state index is 5.95. The maximum absolute atomic E-state index is 5.95. The summed E-state index contributed by atoms with van der Waals surface area (Å²) in [5.41, 5.74) is 1.21. The average Bonchev–Trinajstić information content (AvgIpc) is 3.05. The molecule has 1 fully saturated rings. The van der Waals surface area contributed by atoms with Crippen molar-refractivity contribution in [3.8, 4) is 0 Å². The second kappa shape index (κ2) is 8.45. The Morgan fingerprint density at radius 1 is 1.16 bits per heavy atom. The van der Waals surface area contributed by atoms with Gasteiger partial charge in [-0.2, -0.15) is 0 Å². The molecule has 2 atom stereocenters. The van der Waals surface area contributed by atoms with Gasteiger partial charge in [0.2, 0.25) is 5.13 Å². The summed E-state index contributed by atoms with van der Waals surface area (Å²) < 4.78 is 5.24. The smallest absolute Gasteiger partial charge is 0.208 e. The van der Waals surface area contributed by atoms with Crippen molar-refractivity contribution < 1.29 is 4.74 Å². The average molecular weight is 381 g/mol. The molecular formula is C18H25ClN4OS. The molecule has 7 heteroatoms. The lowest BCUT2D eigenvalue weighted by atomic mass is 10.1. The summed E-state index contributed by atoms with van der Waals surface area (Å²) in [4.78, 5) is 4.87. The SMILES string of the molecule is COCCN1C(C)CN(c2nnc(Cc3ccc(Cl)cc3)s2)CC1C. The number of methoxy groups -OCH3 is 1. The van der Waals surface area contributed by atoms with Crippen LogP contribution in [-0.2, 0) is 11.2 Å². The Morgan fingerprint density at radius 3 is 2.48 bits per heavy atom. The molecule has 0 spiro atoms. The quantitative estimate of drug-likeness (QED) is 0.768. The fraction of sp³-hybridized carbons (Fsp3) is 0.556. The summed E-state index contributed by atoms with van der Waals surface area (Å²) >= 11 is 7.64. The highest BCUT2D eigenvalue weighted by molar-refractivity contribution is 7.15. The van der Waals surface area contributed by atoms with Crippen LogP contribution in [0.5, 0.6) is 0 Å². The van der Waals surface area contributed by atoms with Gasteiger partial charge in [0.15, 0.2) is 0 Å². The third kappa shape index (κ3) is 4.70. The second-order valence-electron chi connectivity index (χ2n) is 6.62. The molecule has 1 aliphatic heterocycles. The van der Waals surface area contributed by atoms with Crippen LogP contribution in [0.2, 0.25) is 5.02 Å². The highest BCUT2D eigenvalue weighted by atomic mass is 35.5. The van der Waals surface area contributed by atoms with Crippen LogP contribution in [0.25, 0.3) is 0 Å². The summed E-state index contributed by atoms with van der Waals surface area (Å²) in [5, 5.41) is 11.6. The Bertz CT molecular complexity index is 666. The number of anilines is 1. The molecule has 0 bridgehead atoms. The molecule has 136 valence electrons. The number of halogens is 1. The maximum Gasteiger partial charge on any atom is 0.208 e. The molecular weight excluding hydrogens is 356 g/mol. The van der Waals surface area contributed by atoms with Gasteiger partial charge in [0.1, 0.15) is 5.01 Å². The summed E-state index contributed by atoms with van der Waals surface area (Å²) in [6.07, 6.45) is 0.799. The Kier molecular flexibility index (Phi) is 6.28. The van der Waals surface area contributed by atoms with E-state index in [0.29, 0.717) is 12.1 Å². The zero-order chi connectivity index (χ0) is 17.8. The van der Waals surface area contributed by atoms with E-state index >= 15 is 0 Å². The molecule has 1 aromatic carbocycles. The minimum atomic E-state index is 0.475. The lowest BCUT2D eigenvalue weighted by Crippen LogP contribution is -2.57. The van der Waals surface area contributed by atoms with Crippen LogP contribution in [0.4, 0.5) is 5.13 Å². The van der Waals surface area contributed by atoms with Crippen LogP contribution in [0.3, 0.4) is 0 Å². The minimum absolute atomic E-state index is 0.475. The molecule has 0 saturated carbocycles. The van der Waals surface area contributed by atoms with Crippen LogP contribution in [0, 0.1) is 0 Å². The molecule has 5 nitrogen and oxygen atoms in total. The standard InChI is InChI=1S/C18H25ClN4OS/c1-13-11-22(12-14(2)23(13)8-9-24-3)18-21-20-17(25-18)10-15-4-6-16(19)7-5-15/h4-7,13-14H,8-12H2,1-3H3. The molecule has 2 unspecified atom stereocenters.